The van der Waals surface area contributed by atoms with Gasteiger partial charge in [-0.2, -0.15) is 0 Å². The number of fused-ring (bicyclic) bond motifs is 1. The van der Waals surface area contributed by atoms with E-state index in [2.05, 4.69) is 4.98 Å². The Bertz CT molecular complexity index is 633. The van der Waals surface area contributed by atoms with Gasteiger partial charge >= 0.3 is 11.7 Å². The Morgan fingerprint density at radius 3 is 2.81 bits per heavy atom. The van der Waals surface area contributed by atoms with Gasteiger partial charge in [0.25, 0.3) is 0 Å². The number of aromatic nitrogens is 1. The first kappa shape index (κ1) is 9.21. The Kier molecular flexibility index (Phi) is 1.58. The molecule has 1 aromatic heterocycles. The van der Waals surface area contributed by atoms with Gasteiger partial charge in [0.2, 0.25) is 0 Å². The van der Waals surface area contributed by atoms with Gasteiger partial charge in [0.05, 0.1) is 10.9 Å². The second-order valence-electron chi connectivity index (χ2n) is 4.08. The number of H-pyrrole nitrogens is 1. The van der Waals surface area contributed by atoms with Gasteiger partial charge in [-0.1, -0.05) is 12.1 Å². The van der Waals surface area contributed by atoms with Crippen molar-refractivity contribution in [3.8, 4) is 0 Å². The van der Waals surface area contributed by atoms with Crippen LogP contribution in [0.1, 0.15) is 18.4 Å². The number of rotatable bonds is 2. The van der Waals surface area contributed by atoms with Crippen LogP contribution in [0.15, 0.2) is 27.4 Å². The lowest BCUT2D eigenvalue weighted by Crippen LogP contribution is -2.19. The summed E-state index contributed by atoms with van der Waals surface area (Å²) < 4.78 is 4.91. The van der Waals surface area contributed by atoms with Crippen molar-refractivity contribution in [2.24, 2.45) is 0 Å². The second kappa shape index (κ2) is 2.75. The summed E-state index contributed by atoms with van der Waals surface area (Å²) in [6, 6.07) is 5.08. The number of aromatic amines is 1. The largest absolute Gasteiger partial charge is 0.481 e. The summed E-state index contributed by atoms with van der Waals surface area (Å²) in [6.07, 6.45) is 1.21. The number of carboxylic acid groups (broad SMARTS) is 1. The van der Waals surface area contributed by atoms with Crippen LogP contribution in [0.5, 0.6) is 0 Å². The molecule has 0 radical (unpaired) electrons. The molecule has 0 unspecified atom stereocenters. The average Bonchev–Trinajstić information content (AvgIpc) is 2.94. The minimum absolute atomic E-state index is 0.412. The highest BCUT2D eigenvalue weighted by atomic mass is 16.4. The molecule has 2 N–H and O–H groups in total. The van der Waals surface area contributed by atoms with Crippen LogP contribution in [0.3, 0.4) is 0 Å². The second-order valence-corrected chi connectivity index (χ2v) is 4.08. The van der Waals surface area contributed by atoms with Gasteiger partial charge in [-0.05, 0) is 24.5 Å². The van der Waals surface area contributed by atoms with Gasteiger partial charge in [-0.15, -0.1) is 0 Å². The molecule has 1 heterocycles. The summed E-state index contributed by atoms with van der Waals surface area (Å²) >= 11 is 0. The maximum absolute atomic E-state index is 11.2. The Morgan fingerprint density at radius 2 is 2.19 bits per heavy atom. The predicted molar refractivity (Wildman–Crippen MR) is 55.4 cm³/mol. The molecular weight excluding hydrogens is 210 g/mol. The maximum atomic E-state index is 11.2. The predicted octanol–water partition coefficient (Wildman–Crippen LogP) is 1.24. The standard InChI is InChI=1S/C11H9NO4/c13-9(14)11(4-5-11)6-2-1-3-7-8(6)12-10(15)16-7/h1-3H,4-5H2,(H,12,15)(H,13,14). The molecule has 1 aromatic carbocycles. The summed E-state index contributed by atoms with van der Waals surface area (Å²) in [5, 5.41) is 9.20. The molecule has 0 atom stereocenters. The van der Waals surface area contributed by atoms with E-state index in [-0.39, 0.29) is 0 Å². The molecule has 0 bridgehead atoms. The summed E-state index contributed by atoms with van der Waals surface area (Å²) in [6.45, 7) is 0. The van der Waals surface area contributed by atoms with E-state index in [4.69, 9.17) is 4.42 Å². The van der Waals surface area contributed by atoms with Crippen molar-refractivity contribution in [1.82, 2.24) is 4.98 Å². The van der Waals surface area contributed by atoms with Crippen molar-refractivity contribution in [3.63, 3.8) is 0 Å². The van der Waals surface area contributed by atoms with Crippen LogP contribution in [0.4, 0.5) is 0 Å². The quantitative estimate of drug-likeness (QED) is 0.795. The molecule has 82 valence electrons. The number of benzene rings is 1. The smallest absolute Gasteiger partial charge is 0.417 e. The Labute approximate surface area is 89.7 Å². The van der Waals surface area contributed by atoms with Gasteiger partial charge in [0, 0.05) is 0 Å². The third-order valence-electron chi connectivity index (χ3n) is 3.13. The minimum Gasteiger partial charge on any atom is -0.481 e. The summed E-state index contributed by atoms with van der Waals surface area (Å²) in [7, 11) is 0. The molecule has 3 rings (SSSR count). The van der Waals surface area contributed by atoms with Crippen LogP contribution in [0, 0.1) is 0 Å². The zero-order valence-corrected chi connectivity index (χ0v) is 8.32. The first-order chi connectivity index (χ1) is 7.63. The highest BCUT2D eigenvalue weighted by molar-refractivity contribution is 5.91. The fraction of sp³-hybridized carbons (Fsp3) is 0.273. The van der Waals surface area contributed by atoms with Gasteiger partial charge in [-0.3, -0.25) is 9.78 Å². The van der Waals surface area contributed by atoms with E-state index in [0.29, 0.717) is 29.5 Å². The normalized spacial score (nSPS) is 17.5. The third kappa shape index (κ3) is 1.05. The van der Waals surface area contributed by atoms with E-state index in [1.54, 1.807) is 18.2 Å². The summed E-state index contributed by atoms with van der Waals surface area (Å²) in [5.74, 6) is -1.40. The van der Waals surface area contributed by atoms with Crippen molar-refractivity contribution in [1.29, 1.82) is 0 Å². The number of nitrogens with one attached hydrogen (secondary N) is 1. The fourth-order valence-corrected chi connectivity index (χ4v) is 2.09. The lowest BCUT2D eigenvalue weighted by Gasteiger charge is -2.09. The zero-order chi connectivity index (χ0) is 11.3. The van der Waals surface area contributed by atoms with Crippen LogP contribution in [0.2, 0.25) is 0 Å². The molecule has 1 aliphatic rings. The SMILES string of the molecule is O=C(O)C1(c2cccc3oc(=O)[nH]c23)CC1. The summed E-state index contributed by atoms with van der Waals surface area (Å²) in [4.78, 5) is 24.8. The Balaban J connectivity index is 2.32. The van der Waals surface area contributed by atoms with E-state index in [0.717, 1.165) is 0 Å². The maximum Gasteiger partial charge on any atom is 0.417 e. The number of hydrogen-bond donors (Lipinski definition) is 2. The van der Waals surface area contributed by atoms with E-state index in [9.17, 15) is 14.7 Å². The molecular formula is C11H9NO4. The third-order valence-corrected chi connectivity index (χ3v) is 3.13. The molecule has 0 spiro atoms. The van der Waals surface area contributed by atoms with Crippen molar-refractivity contribution in [3.05, 3.63) is 34.3 Å². The van der Waals surface area contributed by atoms with Crippen LogP contribution in [0.25, 0.3) is 11.1 Å². The van der Waals surface area contributed by atoms with Crippen molar-refractivity contribution in [2.75, 3.05) is 0 Å². The van der Waals surface area contributed by atoms with Crippen molar-refractivity contribution >= 4 is 17.1 Å². The monoisotopic (exact) mass is 219 g/mol. The highest BCUT2D eigenvalue weighted by Crippen LogP contribution is 2.50. The van der Waals surface area contributed by atoms with Gasteiger partial charge in [-0.25, -0.2) is 4.79 Å². The molecule has 1 saturated carbocycles. The first-order valence-corrected chi connectivity index (χ1v) is 4.99. The van der Waals surface area contributed by atoms with E-state index in [1.165, 1.54) is 0 Å². The molecule has 16 heavy (non-hydrogen) atoms. The van der Waals surface area contributed by atoms with Crippen LogP contribution < -0.4 is 5.76 Å². The van der Waals surface area contributed by atoms with Gasteiger partial charge in [0.15, 0.2) is 5.58 Å². The van der Waals surface area contributed by atoms with Crippen LogP contribution in [-0.4, -0.2) is 16.1 Å². The number of aliphatic carboxylic acids is 1. The molecule has 2 aromatic rings. The van der Waals surface area contributed by atoms with Crippen molar-refractivity contribution < 1.29 is 14.3 Å². The zero-order valence-electron chi connectivity index (χ0n) is 8.32. The molecule has 0 amide bonds. The average molecular weight is 219 g/mol. The van der Waals surface area contributed by atoms with Gasteiger partial charge < -0.3 is 9.52 Å². The Morgan fingerprint density at radius 1 is 1.44 bits per heavy atom. The number of carbonyl (C=O) groups is 1. The lowest BCUT2D eigenvalue weighted by molar-refractivity contribution is -0.140. The Hall–Kier alpha value is -2.04. The van der Waals surface area contributed by atoms with E-state index >= 15 is 0 Å². The molecule has 1 aliphatic carbocycles. The van der Waals surface area contributed by atoms with E-state index < -0.39 is 17.1 Å². The first-order valence-electron chi connectivity index (χ1n) is 4.99. The lowest BCUT2D eigenvalue weighted by atomic mass is 9.95. The molecule has 1 fully saturated rings. The number of hydrogen-bond acceptors (Lipinski definition) is 3. The number of carboxylic acids is 1. The van der Waals surface area contributed by atoms with E-state index in [1.807, 2.05) is 0 Å². The highest BCUT2D eigenvalue weighted by Gasteiger charge is 2.52. The molecule has 5 nitrogen and oxygen atoms in total. The molecule has 0 aliphatic heterocycles. The molecule has 5 heteroatoms. The van der Waals surface area contributed by atoms with Crippen LogP contribution >= 0.6 is 0 Å². The number of oxazole rings is 1. The molecule has 0 saturated heterocycles. The topological polar surface area (TPSA) is 83.3 Å². The minimum atomic E-state index is -0.845. The fourth-order valence-electron chi connectivity index (χ4n) is 2.09. The van der Waals surface area contributed by atoms with Crippen molar-refractivity contribution in [2.45, 2.75) is 18.3 Å². The number of para-hydroxylation sites is 1. The summed E-state index contributed by atoms with van der Waals surface area (Å²) in [5.41, 5.74) is 0.734. The van der Waals surface area contributed by atoms with Crippen LogP contribution in [-0.2, 0) is 10.2 Å². The van der Waals surface area contributed by atoms with Gasteiger partial charge in [0.1, 0.15) is 0 Å².